The third-order valence-corrected chi connectivity index (χ3v) is 2.52. The molecular weight excluding hydrogens is 235 g/mol. The molecule has 0 aliphatic heterocycles. The van der Waals surface area contributed by atoms with E-state index in [-0.39, 0.29) is 30.7 Å². The van der Waals surface area contributed by atoms with Crippen LogP contribution in [0, 0.1) is 5.82 Å². The van der Waals surface area contributed by atoms with Crippen LogP contribution in [0.5, 0.6) is 5.75 Å². The summed E-state index contributed by atoms with van der Waals surface area (Å²) in [5, 5.41) is 5.77. The van der Waals surface area contributed by atoms with E-state index >= 15 is 0 Å². The summed E-state index contributed by atoms with van der Waals surface area (Å²) in [7, 11) is 1.83. The van der Waals surface area contributed by atoms with E-state index in [0.717, 1.165) is 0 Å². The molecule has 5 heteroatoms. The summed E-state index contributed by atoms with van der Waals surface area (Å²) in [6.07, 6.45) is 0.213. The van der Waals surface area contributed by atoms with E-state index < -0.39 is 5.82 Å². The summed E-state index contributed by atoms with van der Waals surface area (Å²) < 4.78 is 18.4. The topological polar surface area (TPSA) is 50.4 Å². The first-order valence-electron chi connectivity index (χ1n) is 5.94. The quantitative estimate of drug-likeness (QED) is 0.771. The minimum Gasteiger partial charge on any atom is -0.490 e. The standard InChI is InChI=1S/C13H19FN2O2/c1-10(15-2)9-16-13(17)7-8-18-12-6-4-3-5-11(12)14/h3-6,10,15H,7-9H2,1-2H3,(H,16,17). The van der Waals surface area contributed by atoms with Crippen LogP contribution in [0.1, 0.15) is 13.3 Å². The van der Waals surface area contributed by atoms with Gasteiger partial charge in [0.1, 0.15) is 0 Å². The Balaban J connectivity index is 2.22. The van der Waals surface area contributed by atoms with E-state index in [1.54, 1.807) is 12.1 Å². The van der Waals surface area contributed by atoms with Crippen LogP contribution < -0.4 is 15.4 Å². The van der Waals surface area contributed by atoms with Gasteiger partial charge in [-0.25, -0.2) is 4.39 Å². The number of halogens is 1. The molecule has 0 aliphatic rings. The molecule has 0 saturated heterocycles. The second-order valence-electron chi connectivity index (χ2n) is 4.02. The van der Waals surface area contributed by atoms with Crippen LogP contribution in [0.3, 0.4) is 0 Å². The van der Waals surface area contributed by atoms with Crippen molar-refractivity contribution in [3.05, 3.63) is 30.1 Å². The van der Waals surface area contributed by atoms with Gasteiger partial charge in [-0.15, -0.1) is 0 Å². The number of nitrogens with one attached hydrogen (secondary N) is 2. The molecule has 1 aromatic rings. The molecule has 0 aromatic heterocycles. The van der Waals surface area contributed by atoms with Gasteiger partial charge < -0.3 is 15.4 Å². The molecule has 100 valence electrons. The molecule has 1 amide bonds. The molecule has 1 aromatic carbocycles. The maximum absolute atomic E-state index is 13.2. The molecule has 18 heavy (non-hydrogen) atoms. The number of carbonyl (C=O) groups excluding carboxylic acids is 1. The molecule has 0 heterocycles. The summed E-state index contributed by atoms with van der Waals surface area (Å²) in [5.41, 5.74) is 0. The molecule has 1 rings (SSSR count). The zero-order valence-corrected chi connectivity index (χ0v) is 10.7. The van der Waals surface area contributed by atoms with Gasteiger partial charge in [-0.1, -0.05) is 12.1 Å². The normalized spacial score (nSPS) is 11.9. The average Bonchev–Trinajstić information content (AvgIpc) is 2.38. The molecule has 0 fully saturated rings. The second kappa shape index (κ2) is 7.66. The number of hydrogen-bond acceptors (Lipinski definition) is 3. The Kier molecular flexibility index (Phi) is 6.14. The van der Waals surface area contributed by atoms with Gasteiger partial charge in [-0.05, 0) is 26.1 Å². The van der Waals surface area contributed by atoms with Gasteiger partial charge in [-0.2, -0.15) is 0 Å². The highest BCUT2D eigenvalue weighted by Crippen LogP contribution is 2.15. The third kappa shape index (κ3) is 5.14. The predicted molar refractivity (Wildman–Crippen MR) is 68.0 cm³/mol. The zero-order valence-electron chi connectivity index (χ0n) is 10.7. The summed E-state index contributed by atoms with van der Waals surface area (Å²) >= 11 is 0. The number of amides is 1. The lowest BCUT2D eigenvalue weighted by atomic mass is 10.3. The number of rotatable bonds is 7. The number of ether oxygens (including phenoxy) is 1. The number of hydrogen-bond donors (Lipinski definition) is 2. The molecule has 4 nitrogen and oxygen atoms in total. The van der Waals surface area contributed by atoms with Crippen molar-refractivity contribution in [2.24, 2.45) is 0 Å². The van der Waals surface area contributed by atoms with E-state index in [0.29, 0.717) is 6.54 Å². The smallest absolute Gasteiger partial charge is 0.223 e. The van der Waals surface area contributed by atoms with E-state index in [1.807, 2.05) is 14.0 Å². The Morgan fingerprint density at radius 2 is 2.17 bits per heavy atom. The summed E-state index contributed by atoms with van der Waals surface area (Å²) in [4.78, 5) is 11.4. The van der Waals surface area contributed by atoms with E-state index in [4.69, 9.17) is 4.74 Å². The Hall–Kier alpha value is -1.62. The van der Waals surface area contributed by atoms with Crippen molar-refractivity contribution in [1.29, 1.82) is 0 Å². The van der Waals surface area contributed by atoms with Gasteiger partial charge in [-0.3, -0.25) is 4.79 Å². The van der Waals surface area contributed by atoms with Crippen molar-refractivity contribution in [2.45, 2.75) is 19.4 Å². The molecule has 0 radical (unpaired) electrons. The lowest BCUT2D eigenvalue weighted by Gasteiger charge is -2.11. The van der Waals surface area contributed by atoms with Crippen LogP contribution in [-0.2, 0) is 4.79 Å². The highest BCUT2D eigenvalue weighted by Gasteiger charge is 2.05. The third-order valence-electron chi connectivity index (χ3n) is 2.52. The Morgan fingerprint density at radius 1 is 1.44 bits per heavy atom. The van der Waals surface area contributed by atoms with Crippen molar-refractivity contribution in [3.8, 4) is 5.75 Å². The molecule has 0 aliphatic carbocycles. The van der Waals surface area contributed by atoms with Crippen LogP contribution in [0.2, 0.25) is 0 Å². The van der Waals surface area contributed by atoms with Crippen molar-refractivity contribution in [1.82, 2.24) is 10.6 Å². The van der Waals surface area contributed by atoms with Gasteiger partial charge in [0, 0.05) is 12.6 Å². The first-order chi connectivity index (χ1) is 8.63. The lowest BCUT2D eigenvalue weighted by molar-refractivity contribution is -0.121. The van der Waals surface area contributed by atoms with Gasteiger partial charge in [0.25, 0.3) is 0 Å². The number of benzene rings is 1. The Morgan fingerprint density at radius 3 is 2.83 bits per heavy atom. The SMILES string of the molecule is CNC(C)CNC(=O)CCOc1ccccc1F. The maximum atomic E-state index is 13.2. The minimum absolute atomic E-state index is 0.103. The van der Waals surface area contributed by atoms with Crippen LogP contribution in [0.4, 0.5) is 4.39 Å². The van der Waals surface area contributed by atoms with Crippen LogP contribution in [0.15, 0.2) is 24.3 Å². The summed E-state index contributed by atoms with van der Waals surface area (Å²) in [5.74, 6) is -0.343. The van der Waals surface area contributed by atoms with Crippen LogP contribution in [0.25, 0.3) is 0 Å². The highest BCUT2D eigenvalue weighted by molar-refractivity contribution is 5.76. The fourth-order valence-electron chi connectivity index (χ4n) is 1.27. The number of likely N-dealkylation sites (N-methyl/N-ethyl adjacent to an activating group) is 1. The molecule has 0 saturated carbocycles. The Labute approximate surface area is 107 Å². The maximum Gasteiger partial charge on any atom is 0.223 e. The lowest BCUT2D eigenvalue weighted by Crippen LogP contribution is -2.37. The number of carbonyl (C=O) groups is 1. The van der Waals surface area contributed by atoms with Crippen LogP contribution in [-0.4, -0.2) is 32.1 Å². The van der Waals surface area contributed by atoms with Gasteiger partial charge in [0.15, 0.2) is 11.6 Å². The first-order valence-corrected chi connectivity index (χ1v) is 5.94. The molecular formula is C13H19FN2O2. The molecule has 1 atom stereocenters. The molecule has 2 N–H and O–H groups in total. The van der Waals surface area contributed by atoms with Crippen molar-refractivity contribution < 1.29 is 13.9 Å². The monoisotopic (exact) mass is 254 g/mol. The fourth-order valence-corrected chi connectivity index (χ4v) is 1.27. The average molecular weight is 254 g/mol. The van der Waals surface area contributed by atoms with Crippen LogP contribution >= 0.6 is 0 Å². The highest BCUT2D eigenvalue weighted by atomic mass is 19.1. The van der Waals surface area contributed by atoms with Gasteiger partial charge in [0.2, 0.25) is 5.91 Å². The second-order valence-corrected chi connectivity index (χ2v) is 4.02. The van der Waals surface area contributed by atoms with E-state index in [1.165, 1.54) is 12.1 Å². The van der Waals surface area contributed by atoms with Gasteiger partial charge in [0.05, 0.1) is 13.0 Å². The largest absolute Gasteiger partial charge is 0.490 e. The van der Waals surface area contributed by atoms with E-state index in [9.17, 15) is 9.18 Å². The molecule has 0 spiro atoms. The minimum atomic E-state index is -0.415. The van der Waals surface area contributed by atoms with E-state index in [2.05, 4.69) is 10.6 Å². The van der Waals surface area contributed by atoms with Crippen molar-refractivity contribution in [2.75, 3.05) is 20.2 Å². The number of para-hydroxylation sites is 1. The van der Waals surface area contributed by atoms with Gasteiger partial charge >= 0.3 is 0 Å². The Bertz CT molecular complexity index is 385. The fraction of sp³-hybridized carbons (Fsp3) is 0.462. The molecule has 1 unspecified atom stereocenters. The van der Waals surface area contributed by atoms with Crippen molar-refractivity contribution >= 4 is 5.91 Å². The molecule has 0 bridgehead atoms. The zero-order chi connectivity index (χ0) is 13.4. The predicted octanol–water partition coefficient (Wildman–Crippen LogP) is 1.32. The summed E-state index contributed by atoms with van der Waals surface area (Å²) in [6.45, 7) is 2.70. The first kappa shape index (κ1) is 14.4. The summed E-state index contributed by atoms with van der Waals surface area (Å²) in [6, 6.07) is 6.36. The van der Waals surface area contributed by atoms with Crippen molar-refractivity contribution in [3.63, 3.8) is 0 Å².